The molecule has 0 bridgehead atoms. The van der Waals surface area contributed by atoms with Crippen molar-refractivity contribution in [1.82, 2.24) is 4.98 Å². The van der Waals surface area contributed by atoms with E-state index in [-0.39, 0.29) is 0 Å². The molecule has 0 spiro atoms. The Labute approximate surface area is 108 Å². The molecule has 1 nitrogen and oxygen atoms in total. The first-order valence-corrected chi connectivity index (χ1v) is 6.64. The Kier molecular flexibility index (Phi) is 3.66. The Bertz CT molecular complexity index is 511. The number of nitrogens with zero attached hydrogens (tertiary/aromatic N) is 1. The minimum atomic E-state index is 0.878. The van der Waals surface area contributed by atoms with Crippen LogP contribution in [0, 0.1) is 13.8 Å². The first-order chi connectivity index (χ1) is 7.65. The van der Waals surface area contributed by atoms with E-state index in [0.29, 0.717) is 0 Å². The van der Waals surface area contributed by atoms with Gasteiger partial charge in [0.2, 0.25) is 0 Å². The Balaban J connectivity index is 2.30. The molecule has 0 aliphatic rings. The van der Waals surface area contributed by atoms with Gasteiger partial charge in [0.05, 0.1) is 0 Å². The van der Waals surface area contributed by atoms with Crippen LogP contribution in [0.1, 0.15) is 11.1 Å². The molecule has 0 N–H and O–H groups in total. The number of rotatable bonds is 2. The maximum Gasteiger partial charge on any atom is 0.107 e. The van der Waals surface area contributed by atoms with Crippen molar-refractivity contribution in [1.29, 1.82) is 0 Å². The van der Waals surface area contributed by atoms with E-state index in [1.54, 1.807) is 11.8 Å². The number of aromatic nitrogens is 1. The number of aryl methyl sites for hydroxylation is 2. The standard InChI is InChI=1S/C13H12BrNS/c1-9-6-7-10(2)11(8-9)16-13-5-3-4-12(14)15-13/h3-8H,1-2H3. The smallest absolute Gasteiger partial charge is 0.107 e. The molecule has 0 fully saturated rings. The second kappa shape index (κ2) is 5.02. The fourth-order valence-corrected chi connectivity index (χ4v) is 2.83. The van der Waals surface area contributed by atoms with E-state index in [9.17, 15) is 0 Å². The van der Waals surface area contributed by atoms with Gasteiger partial charge in [0.1, 0.15) is 9.63 Å². The van der Waals surface area contributed by atoms with Crippen molar-refractivity contribution in [2.45, 2.75) is 23.8 Å². The zero-order valence-corrected chi connectivity index (χ0v) is 11.6. The third-order valence-electron chi connectivity index (χ3n) is 2.25. The van der Waals surface area contributed by atoms with Gasteiger partial charge in [-0.1, -0.05) is 30.0 Å². The summed E-state index contributed by atoms with van der Waals surface area (Å²) in [4.78, 5) is 5.69. The molecular weight excluding hydrogens is 282 g/mol. The molecule has 3 heteroatoms. The molecule has 1 heterocycles. The molecule has 0 radical (unpaired) electrons. The molecule has 0 saturated heterocycles. The van der Waals surface area contributed by atoms with Crippen LogP contribution in [-0.2, 0) is 0 Å². The van der Waals surface area contributed by atoms with E-state index in [2.05, 4.69) is 53.0 Å². The van der Waals surface area contributed by atoms with Gasteiger partial charge < -0.3 is 0 Å². The maximum atomic E-state index is 4.42. The lowest BCUT2D eigenvalue weighted by molar-refractivity contribution is 1.10. The molecule has 16 heavy (non-hydrogen) atoms. The number of benzene rings is 1. The summed E-state index contributed by atoms with van der Waals surface area (Å²) in [5.74, 6) is 0. The Hall–Kier alpha value is -0.800. The van der Waals surface area contributed by atoms with E-state index >= 15 is 0 Å². The highest BCUT2D eigenvalue weighted by Crippen LogP contribution is 2.30. The summed E-state index contributed by atoms with van der Waals surface area (Å²) < 4.78 is 0.878. The average Bonchev–Trinajstić information content (AvgIpc) is 2.24. The SMILES string of the molecule is Cc1ccc(C)c(Sc2cccc(Br)n2)c1. The topological polar surface area (TPSA) is 12.9 Å². The van der Waals surface area contributed by atoms with Crippen LogP contribution < -0.4 is 0 Å². The van der Waals surface area contributed by atoms with Gasteiger partial charge >= 0.3 is 0 Å². The minimum Gasteiger partial charge on any atom is -0.234 e. The van der Waals surface area contributed by atoms with Crippen molar-refractivity contribution in [2.75, 3.05) is 0 Å². The Morgan fingerprint density at radius 3 is 2.69 bits per heavy atom. The van der Waals surface area contributed by atoms with Crippen LogP contribution in [-0.4, -0.2) is 4.98 Å². The van der Waals surface area contributed by atoms with Crippen molar-refractivity contribution in [3.05, 3.63) is 52.1 Å². The van der Waals surface area contributed by atoms with Gasteiger partial charge in [-0.05, 0) is 59.1 Å². The van der Waals surface area contributed by atoms with Crippen molar-refractivity contribution < 1.29 is 0 Å². The summed E-state index contributed by atoms with van der Waals surface area (Å²) in [7, 11) is 0. The lowest BCUT2D eigenvalue weighted by atomic mass is 10.2. The van der Waals surface area contributed by atoms with Gasteiger partial charge in [0, 0.05) is 4.90 Å². The molecule has 2 rings (SSSR count). The van der Waals surface area contributed by atoms with Gasteiger partial charge in [-0.3, -0.25) is 0 Å². The van der Waals surface area contributed by atoms with Crippen LogP contribution >= 0.6 is 27.7 Å². The van der Waals surface area contributed by atoms with E-state index < -0.39 is 0 Å². The fourth-order valence-electron chi connectivity index (χ4n) is 1.38. The normalized spacial score (nSPS) is 10.4. The van der Waals surface area contributed by atoms with E-state index in [1.165, 1.54) is 16.0 Å². The first kappa shape index (κ1) is 11.7. The molecule has 0 amide bonds. The first-order valence-electron chi connectivity index (χ1n) is 5.03. The predicted octanol–water partition coefficient (Wildman–Crippen LogP) is 4.61. The zero-order valence-electron chi connectivity index (χ0n) is 9.20. The summed E-state index contributed by atoms with van der Waals surface area (Å²) in [5, 5.41) is 1.02. The minimum absolute atomic E-state index is 0.878. The number of halogens is 1. The lowest BCUT2D eigenvalue weighted by Crippen LogP contribution is -1.84. The molecule has 82 valence electrons. The third-order valence-corrected chi connectivity index (χ3v) is 3.79. The van der Waals surface area contributed by atoms with Crippen molar-refractivity contribution >= 4 is 27.7 Å². The van der Waals surface area contributed by atoms with E-state index in [1.807, 2.05) is 18.2 Å². The van der Waals surface area contributed by atoms with Crippen LogP contribution in [0.4, 0.5) is 0 Å². The average molecular weight is 294 g/mol. The second-order valence-electron chi connectivity index (χ2n) is 3.67. The predicted molar refractivity (Wildman–Crippen MR) is 72.0 cm³/mol. The molecule has 0 atom stereocenters. The lowest BCUT2D eigenvalue weighted by Gasteiger charge is -2.06. The van der Waals surface area contributed by atoms with Crippen molar-refractivity contribution in [3.63, 3.8) is 0 Å². The highest BCUT2D eigenvalue weighted by Gasteiger charge is 2.03. The summed E-state index contributed by atoms with van der Waals surface area (Å²) >= 11 is 5.09. The molecule has 1 aromatic heterocycles. The largest absolute Gasteiger partial charge is 0.234 e. The summed E-state index contributed by atoms with van der Waals surface area (Å²) in [6, 6.07) is 12.4. The van der Waals surface area contributed by atoms with Crippen LogP contribution in [0.25, 0.3) is 0 Å². The third kappa shape index (κ3) is 2.86. The number of hydrogen-bond donors (Lipinski definition) is 0. The number of hydrogen-bond acceptors (Lipinski definition) is 2. The highest BCUT2D eigenvalue weighted by molar-refractivity contribution is 9.10. The van der Waals surface area contributed by atoms with Crippen LogP contribution in [0.2, 0.25) is 0 Å². The summed E-state index contributed by atoms with van der Waals surface area (Å²) in [6.45, 7) is 4.23. The molecule has 0 unspecified atom stereocenters. The van der Waals surface area contributed by atoms with Crippen LogP contribution in [0.15, 0.2) is 50.9 Å². The second-order valence-corrected chi connectivity index (χ2v) is 5.54. The fraction of sp³-hybridized carbons (Fsp3) is 0.154. The molecule has 1 aromatic carbocycles. The van der Waals surface area contributed by atoms with Gasteiger partial charge in [-0.2, -0.15) is 0 Å². The van der Waals surface area contributed by atoms with Gasteiger partial charge in [0.25, 0.3) is 0 Å². The quantitative estimate of drug-likeness (QED) is 0.750. The summed E-state index contributed by atoms with van der Waals surface area (Å²) in [5.41, 5.74) is 2.57. The van der Waals surface area contributed by atoms with E-state index in [4.69, 9.17) is 0 Å². The zero-order chi connectivity index (χ0) is 11.5. The van der Waals surface area contributed by atoms with Gasteiger partial charge in [0.15, 0.2) is 0 Å². The highest BCUT2D eigenvalue weighted by atomic mass is 79.9. The van der Waals surface area contributed by atoms with Gasteiger partial charge in [-0.15, -0.1) is 0 Å². The van der Waals surface area contributed by atoms with Crippen LogP contribution in [0.3, 0.4) is 0 Å². The maximum absolute atomic E-state index is 4.42. The molecule has 0 saturated carbocycles. The molecule has 2 aromatic rings. The Morgan fingerprint density at radius 1 is 1.12 bits per heavy atom. The molecular formula is C13H12BrNS. The van der Waals surface area contributed by atoms with Gasteiger partial charge in [-0.25, -0.2) is 4.98 Å². The molecule has 0 aliphatic carbocycles. The van der Waals surface area contributed by atoms with Crippen molar-refractivity contribution in [3.8, 4) is 0 Å². The monoisotopic (exact) mass is 293 g/mol. The van der Waals surface area contributed by atoms with Crippen LogP contribution in [0.5, 0.6) is 0 Å². The van der Waals surface area contributed by atoms with E-state index in [0.717, 1.165) is 9.63 Å². The molecule has 0 aliphatic heterocycles. The Morgan fingerprint density at radius 2 is 1.94 bits per heavy atom. The summed E-state index contributed by atoms with van der Waals surface area (Å²) in [6.07, 6.45) is 0. The number of pyridine rings is 1. The van der Waals surface area contributed by atoms with Crippen molar-refractivity contribution in [2.24, 2.45) is 0 Å².